The minimum atomic E-state index is -0.211. The Morgan fingerprint density at radius 2 is 2.16 bits per heavy atom. The predicted octanol–water partition coefficient (Wildman–Crippen LogP) is 1.44. The number of carbonyl (C=O) groups is 1. The molecule has 0 saturated carbocycles. The molecule has 1 aromatic rings. The molecule has 1 aliphatic rings. The third-order valence-corrected chi connectivity index (χ3v) is 3.14. The molecule has 0 fully saturated rings. The average molecular weight is 263 g/mol. The third-order valence-electron chi connectivity index (χ3n) is 3.14. The Bertz CT molecular complexity index is 423. The lowest BCUT2D eigenvalue weighted by atomic mass is 10.1. The van der Waals surface area contributed by atoms with Gasteiger partial charge in [-0.3, -0.25) is 4.79 Å². The minimum absolute atomic E-state index is 0.0411. The summed E-state index contributed by atoms with van der Waals surface area (Å²) in [5, 5.41) is 9.46. The maximum absolute atomic E-state index is 12.0. The van der Waals surface area contributed by atoms with Crippen LogP contribution in [0.15, 0.2) is 24.3 Å². The van der Waals surface area contributed by atoms with Gasteiger partial charge >= 0.3 is 0 Å². The fourth-order valence-corrected chi connectivity index (χ4v) is 2.08. The monoisotopic (exact) mass is 263 g/mol. The highest BCUT2D eigenvalue weighted by Crippen LogP contribution is 2.24. The van der Waals surface area contributed by atoms with E-state index >= 15 is 0 Å². The first kappa shape index (κ1) is 13.7. The summed E-state index contributed by atoms with van der Waals surface area (Å²) in [5.41, 5.74) is 2.03. The van der Waals surface area contributed by atoms with E-state index in [0.29, 0.717) is 13.1 Å². The first-order valence-corrected chi connectivity index (χ1v) is 6.67. The van der Waals surface area contributed by atoms with Gasteiger partial charge in [0, 0.05) is 26.8 Å². The molecule has 0 aromatic heterocycles. The number of carbonyl (C=O) groups excluding carboxylic acids is 1. The summed E-state index contributed by atoms with van der Waals surface area (Å²) >= 11 is 0. The normalized spacial score (nSPS) is 17.0. The Morgan fingerprint density at radius 3 is 2.95 bits per heavy atom. The van der Waals surface area contributed by atoms with Crippen molar-refractivity contribution in [2.75, 3.05) is 37.4 Å². The van der Waals surface area contributed by atoms with E-state index in [4.69, 9.17) is 4.74 Å². The summed E-state index contributed by atoms with van der Waals surface area (Å²) in [6, 6.07) is 7.70. The van der Waals surface area contributed by atoms with Crippen molar-refractivity contribution in [3.63, 3.8) is 0 Å². The van der Waals surface area contributed by atoms with Gasteiger partial charge in [0.15, 0.2) is 0 Å². The summed E-state index contributed by atoms with van der Waals surface area (Å²) in [5.74, 6) is 0.0411. The fourth-order valence-electron chi connectivity index (χ4n) is 2.08. The second kappa shape index (κ2) is 6.99. The Kier molecular flexibility index (Phi) is 5.03. The number of fused-ring (bicyclic) bond motifs is 1. The van der Waals surface area contributed by atoms with Gasteiger partial charge < -0.3 is 20.7 Å². The maximum Gasteiger partial charge on any atom is 0.244 e. The summed E-state index contributed by atoms with van der Waals surface area (Å²) in [6.45, 7) is 2.05. The van der Waals surface area contributed by atoms with Crippen LogP contribution in [0.25, 0.3) is 0 Å². The largest absolute Gasteiger partial charge is 0.385 e. The van der Waals surface area contributed by atoms with Crippen LogP contribution in [0.5, 0.6) is 0 Å². The molecule has 0 bridgehead atoms. The van der Waals surface area contributed by atoms with E-state index in [-0.39, 0.29) is 11.9 Å². The van der Waals surface area contributed by atoms with Crippen molar-refractivity contribution in [2.45, 2.75) is 18.9 Å². The van der Waals surface area contributed by atoms with Crippen LogP contribution in [-0.2, 0) is 9.53 Å². The lowest BCUT2D eigenvalue weighted by Crippen LogP contribution is -2.46. The molecule has 2 rings (SSSR count). The molecule has 5 heteroatoms. The highest BCUT2D eigenvalue weighted by atomic mass is 16.5. The standard InChI is InChI=1S/C14H21N3O2/c1-19-9-5-4-8-15-14(18)13-10-16-11-6-2-3-7-12(11)17-13/h2-3,6-7,13,16-17H,4-5,8-10H2,1H3,(H,15,18). The molecule has 19 heavy (non-hydrogen) atoms. The quantitative estimate of drug-likeness (QED) is 0.680. The topological polar surface area (TPSA) is 62.4 Å². The van der Waals surface area contributed by atoms with Crippen LogP contribution >= 0.6 is 0 Å². The minimum Gasteiger partial charge on any atom is -0.385 e. The molecule has 1 amide bonds. The Balaban J connectivity index is 1.76. The third kappa shape index (κ3) is 3.86. The van der Waals surface area contributed by atoms with Crippen molar-refractivity contribution in [2.24, 2.45) is 0 Å². The van der Waals surface area contributed by atoms with Crippen LogP contribution in [0.3, 0.4) is 0 Å². The van der Waals surface area contributed by atoms with Crippen LogP contribution < -0.4 is 16.0 Å². The van der Waals surface area contributed by atoms with E-state index in [2.05, 4.69) is 16.0 Å². The van der Waals surface area contributed by atoms with Crippen molar-refractivity contribution >= 4 is 17.3 Å². The van der Waals surface area contributed by atoms with Crippen LogP contribution in [0, 0.1) is 0 Å². The number of benzene rings is 1. The molecule has 1 aliphatic heterocycles. The number of anilines is 2. The van der Waals surface area contributed by atoms with E-state index in [1.165, 1.54) is 0 Å². The Labute approximate surface area is 113 Å². The second-order valence-corrected chi connectivity index (χ2v) is 4.61. The molecule has 3 N–H and O–H groups in total. The van der Waals surface area contributed by atoms with E-state index in [9.17, 15) is 4.79 Å². The molecule has 5 nitrogen and oxygen atoms in total. The lowest BCUT2D eigenvalue weighted by Gasteiger charge is -2.27. The summed E-state index contributed by atoms with van der Waals surface area (Å²) in [6.07, 6.45) is 1.91. The van der Waals surface area contributed by atoms with Gasteiger partial charge in [0.25, 0.3) is 0 Å². The van der Waals surface area contributed by atoms with E-state index in [0.717, 1.165) is 30.8 Å². The van der Waals surface area contributed by atoms with E-state index < -0.39 is 0 Å². The maximum atomic E-state index is 12.0. The van der Waals surface area contributed by atoms with Gasteiger partial charge in [-0.25, -0.2) is 0 Å². The zero-order valence-electron chi connectivity index (χ0n) is 11.2. The van der Waals surface area contributed by atoms with Crippen molar-refractivity contribution in [3.8, 4) is 0 Å². The first-order chi connectivity index (χ1) is 9.31. The molecule has 1 unspecified atom stereocenters. The van der Waals surface area contributed by atoms with Gasteiger partial charge in [-0.2, -0.15) is 0 Å². The van der Waals surface area contributed by atoms with Crippen LogP contribution in [-0.4, -0.2) is 38.8 Å². The molecule has 0 radical (unpaired) electrons. The van der Waals surface area contributed by atoms with Gasteiger partial charge in [0.05, 0.1) is 11.4 Å². The van der Waals surface area contributed by atoms with Gasteiger partial charge in [-0.05, 0) is 25.0 Å². The van der Waals surface area contributed by atoms with Gasteiger partial charge in [-0.1, -0.05) is 12.1 Å². The summed E-state index contributed by atoms with van der Waals surface area (Å²) in [4.78, 5) is 12.0. The summed E-state index contributed by atoms with van der Waals surface area (Å²) < 4.78 is 4.97. The number of para-hydroxylation sites is 2. The Hall–Kier alpha value is -1.75. The number of methoxy groups -OCH3 is 1. The highest BCUT2D eigenvalue weighted by molar-refractivity contribution is 5.88. The number of ether oxygens (including phenoxy) is 1. The van der Waals surface area contributed by atoms with Gasteiger partial charge in [0.1, 0.15) is 6.04 Å². The van der Waals surface area contributed by atoms with Gasteiger partial charge in [-0.15, -0.1) is 0 Å². The molecular weight excluding hydrogens is 242 g/mol. The fraction of sp³-hybridized carbons (Fsp3) is 0.500. The number of amides is 1. The number of rotatable bonds is 6. The van der Waals surface area contributed by atoms with Crippen LogP contribution in [0.4, 0.5) is 11.4 Å². The van der Waals surface area contributed by atoms with Crippen molar-refractivity contribution in [1.82, 2.24) is 5.32 Å². The second-order valence-electron chi connectivity index (χ2n) is 4.61. The molecule has 1 aromatic carbocycles. The van der Waals surface area contributed by atoms with E-state index in [1.54, 1.807) is 7.11 Å². The van der Waals surface area contributed by atoms with E-state index in [1.807, 2.05) is 24.3 Å². The first-order valence-electron chi connectivity index (χ1n) is 6.67. The predicted molar refractivity (Wildman–Crippen MR) is 76.5 cm³/mol. The van der Waals surface area contributed by atoms with Gasteiger partial charge in [0.2, 0.25) is 5.91 Å². The Morgan fingerprint density at radius 1 is 1.37 bits per heavy atom. The van der Waals surface area contributed by atoms with Crippen molar-refractivity contribution in [1.29, 1.82) is 0 Å². The summed E-state index contributed by atoms with van der Waals surface area (Å²) in [7, 11) is 1.69. The van der Waals surface area contributed by atoms with Crippen LogP contribution in [0.2, 0.25) is 0 Å². The molecule has 0 saturated heterocycles. The zero-order chi connectivity index (χ0) is 13.5. The molecule has 104 valence electrons. The SMILES string of the molecule is COCCCCNC(=O)C1CNc2ccccc2N1. The molecular formula is C14H21N3O2. The molecule has 1 atom stereocenters. The zero-order valence-corrected chi connectivity index (χ0v) is 11.2. The van der Waals surface area contributed by atoms with Crippen molar-refractivity contribution in [3.05, 3.63) is 24.3 Å². The smallest absolute Gasteiger partial charge is 0.244 e. The number of hydrogen-bond donors (Lipinski definition) is 3. The molecule has 1 heterocycles. The number of unbranched alkanes of at least 4 members (excludes halogenated alkanes) is 1. The average Bonchev–Trinajstić information content (AvgIpc) is 2.46. The van der Waals surface area contributed by atoms with Crippen molar-refractivity contribution < 1.29 is 9.53 Å². The highest BCUT2D eigenvalue weighted by Gasteiger charge is 2.22. The number of nitrogens with one attached hydrogen (secondary N) is 3. The molecule has 0 aliphatic carbocycles. The molecule has 0 spiro atoms. The van der Waals surface area contributed by atoms with Crippen LogP contribution in [0.1, 0.15) is 12.8 Å². The number of hydrogen-bond acceptors (Lipinski definition) is 4. The lowest BCUT2D eigenvalue weighted by molar-refractivity contribution is -0.121.